The highest BCUT2D eigenvalue weighted by Gasteiger charge is 2.23. The summed E-state index contributed by atoms with van der Waals surface area (Å²) in [4.78, 5) is 32.2. The molecule has 2 aromatic carbocycles. The number of amides is 1. The molecule has 0 aliphatic carbocycles. The Hall–Kier alpha value is -3.83. The third kappa shape index (κ3) is 5.68. The molecule has 0 saturated carbocycles. The number of fused-ring (bicyclic) bond motifs is 1. The van der Waals surface area contributed by atoms with Crippen LogP contribution in [0.2, 0.25) is 0 Å². The number of carboxylic acid groups (broad SMARTS) is 1. The minimum atomic E-state index is -1.07. The average Bonchev–Trinajstić information content (AvgIpc) is 3.69. The number of nitrogens with zero attached hydrogens (tertiary/aromatic N) is 3. The quantitative estimate of drug-likeness (QED) is 0.301. The molecule has 3 heterocycles. The number of aromatic nitrogens is 1. The van der Waals surface area contributed by atoms with E-state index in [1.165, 1.54) is 28.6 Å². The van der Waals surface area contributed by atoms with Gasteiger partial charge >= 0.3 is 5.97 Å². The standard InChI is InChI=1S/C27H25F2N3O5S/c28-21-13-20(26-19(25(21)29)7-12-36-26)17-3-5-18(6-4-17)37-15-23-30-22(16-38-23)27(35)32(14-24(33)34)11-10-31-8-1-2-9-31/h3-7,12-13,16H,1-2,8-11,14-15H2,(H,33,34). The number of thiazole rings is 1. The molecule has 1 aliphatic rings. The zero-order valence-corrected chi connectivity index (χ0v) is 21.2. The summed E-state index contributed by atoms with van der Waals surface area (Å²) < 4.78 is 39.2. The molecule has 0 spiro atoms. The molecule has 4 aromatic rings. The van der Waals surface area contributed by atoms with E-state index in [9.17, 15) is 23.5 Å². The topological polar surface area (TPSA) is 96.1 Å². The van der Waals surface area contributed by atoms with Gasteiger partial charge in [-0.05, 0) is 55.8 Å². The Morgan fingerprint density at radius 3 is 2.66 bits per heavy atom. The molecule has 5 rings (SSSR count). The number of furan rings is 1. The summed E-state index contributed by atoms with van der Waals surface area (Å²) in [6.45, 7) is 2.60. The van der Waals surface area contributed by atoms with Crippen LogP contribution in [0.25, 0.3) is 22.1 Å². The molecule has 2 aromatic heterocycles. The van der Waals surface area contributed by atoms with Crippen LogP contribution in [0.15, 0.2) is 52.5 Å². The lowest BCUT2D eigenvalue weighted by Gasteiger charge is -2.23. The van der Waals surface area contributed by atoms with Crippen molar-refractivity contribution in [3.05, 3.63) is 70.4 Å². The number of ether oxygens (including phenoxy) is 1. The number of halogens is 2. The fourth-order valence-electron chi connectivity index (χ4n) is 4.49. The minimum Gasteiger partial charge on any atom is -0.486 e. The fraction of sp³-hybridized carbons (Fsp3) is 0.296. The largest absolute Gasteiger partial charge is 0.486 e. The highest BCUT2D eigenvalue weighted by molar-refractivity contribution is 7.09. The van der Waals surface area contributed by atoms with Crippen LogP contribution >= 0.6 is 11.3 Å². The third-order valence-electron chi connectivity index (χ3n) is 6.42. The molecular formula is C27H25F2N3O5S. The molecule has 1 saturated heterocycles. The molecule has 0 radical (unpaired) electrons. The van der Waals surface area contributed by atoms with Crippen molar-refractivity contribution < 1.29 is 32.6 Å². The van der Waals surface area contributed by atoms with Crippen molar-refractivity contribution in [1.82, 2.24) is 14.8 Å². The van der Waals surface area contributed by atoms with Crippen molar-refractivity contribution in [2.45, 2.75) is 19.4 Å². The number of carbonyl (C=O) groups excluding carboxylic acids is 1. The van der Waals surface area contributed by atoms with Gasteiger partial charge in [0, 0.05) is 24.0 Å². The van der Waals surface area contributed by atoms with E-state index in [4.69, 9.17) is 9.15 Å². The first-order chi connectivity index (χ1) is 18.4. The van der Waals surface area contributed by atoms with E-state index in [2.05, 4.69) is 9.88 Å². The second-order valence-electron chi connectivity index (χ2n) is 8.99. The van der Waals surface area contributed by atoms with Gasteiger partial charge in [0.05, 0.1) is 11.6 Å². The van der Waals surface area contributed by atoms with E-state index in [1.807, 2.05) is 0 Å². The van der Waals surface area contributed by atoms with E-state index in [0.717, 1.165) is 32.0 Å². The highest BCUT2D eigenvalue weighted by Crippen LogP contribution is 2.33. The SMILES string of the molecule is O=C(O)CN(CCN1CCCC1)C(=O)c1csc(COc2ccc(-c3cc(F)c(F)c4ccoc34)cc2)n1. The van der Waals surface area contributed by atoms with Gasteiger partial charge in [0.15, 0.2) is 11.6 Å². The molecule has 1 amide bonds. The average molecular weight is 542 g/mol. The molecule has 1 aliphatic heterocycles. The van der Waals surface area contributed by atoms with E-state index in [-0.39, 0.29) is 29.8 Å². The van der Waals surface area contributed by atoms with Crippen LogP contribution in [0.1, 0.15) is 28.3 Å². The van der Waals surface area contributed by atoms with Crippen LogP contribution in [0.3, 0.4) is 0 Å². The van der Waals surface area contributed by atoms with Gasteiger partial charge in [-0.25, -0.2) is 13.8 Å². The second-order valence-corrected chi connectivity index (χ2v) is 9.93. The zero-order valence-electron chi connectivity index (χ0n) is 20.4. The van der Waals surface area contributed by atoms with Gasteiger partial charge in [0.2, 0.25) is 0 Å². The second kappa shape index (κ2) is 11.3. The summed E-state index contributed by atoms with van der Waals surface area (Å²) in [5.74, 6) is -2.88. The van der Waals surface area contributed by atoms with Gasteiger partial charge in [-0.15, -0.1) is 11.3 Å². The maximum absolute atomic E-state index is 14.0. The van der Waals surface area contributed by atoms with Gasteiger partial charge in [0.25, 0.3) is 5.91 Å². The Balaban J connectivity index is 1.22. The van der Waals surface area contributed by atoms with Crippen molar-refractivity contribution in [3.63, 3.8) is 0 Å². The number of aliphatic carboxylic acids is 1. The van der Waals surface area contributed by atoms with Crippen molar-refractivity contribution in [1.29, 1.82) is 0 Å². The number of carbonyl (C=O) groups is 2. The zero-order chi connectivity index (χ0) is 26.6. The predicted octanol–water partition coefficient (Wildman–Crippen LogP) is 5.04. The maximum atomic E-state index is 14.0. The Kier molecular flexibility index (Phi) is 7.66. The number of hydrogen-bond acceptors (Lipinski definition) is 7. The monoisotopic (exact) mass is 541 g/mol. The minimum absolute atomic E-state index is 0.0763. The Morgan fingerprint density at radius 1 is 1.16 bits per heavy atom. The van der Waals surface area contributed by atoms with Crippen LogP contribution in [-0.4, -0.2) is 64.5 Å². The molecule has 1 N–H and O–H groups in total. The summed E-state index contributed by atoms with van der Waals surface area (Å²) in [5.41, 5.74) is 1.50. The molecule has 8 nitrogen and oxygen atoms in total. The Labute approximate surface area is 221 Å². The first-order valence-electron chi connectivity index (χ1n) is 12.2. The lowest BCUT2D eigenvalue weighted by molar-refractivity contribution is -0.137. The van der Waals surface area contributed by atoms with Gasteiger partial charge in [-0.2, -0.15) is 0 Å². The van der Waals surface area contributed by atoms with Gasteiger partial charge in [-0.1, -0.05) is 12.1 Å². The lowest BCUT2D eigenvalue weighted by Crippen LogP contribution is -2.41. The molecule has 11 heteroatoms. The molecule has 0 unspecified atom stereocenters. The smallest absolute Gasteiger partial charge is 0.323 e. The number of carboxylic acids is 1. The third-order valence-corrected chi connectivity index (χ3v) is 7.25. The van der Waals surface area contributed by atoms with E-state index < -0.39 is 23.5 Å². The summed E-state index contributed by atoms with van der Waals surface area (Å²) in [5, 5.41) is 11.5. The van der Waals surface area contributed by atoms with Gasteiger partial charge in [-0.3, -0.25) is 9.59 Å². The van der Waals surface area contributed by atoms with Gasteiger partial charge in [0.1, 0.15) is 35.2 Å². The molecule has 0 atom stereocenters. The number of likely N-dealkylation sites (tertiary alicyclic amines) is 1. The number of hydrogen-bond donors (Lipinski definition) is 1. The van der Waals surface area contributed by atoms with E-state index in [1.54, 1.807) is 29.6 Å². The van der Waals surface area contributed by atoms with Crippen LogP contribution < -0.4 is 4.74 Å². The normalized spacial score (nSPS) is 13.7. The summed E-state index contributed by atoms with van der Waals surface area (Å²) in [6.07, 6.45) is 3.54. The lowest BCUT2D eigenvalue weighted by atomic mass is 10.0. The molecule has 1 fully saturated rings. The summed E-state index contributed by atoms with van der Waals surface area (Å²) in [7, 11) is 0. The Morgan fingerprint density at radius 2 is 1.92 bits per heavy atom. The van der Waals surface area contributed by atoms with E-state index >= 15 is 0 Å². The van der Waals surface area contributed by atoms with E-state index in [0.29, 0.717) is 35.0 Å². The molecule has 0 bridgehead atoms. The van der Waals surface area contributed by atoms with Crippen LogP contribution in [0.4, 0.5) is 8.78 Å². The van der Waals surface area contributed by atoms with Crippen LogP contribution in [0.5, 0.6) is 5.75 Å². The van der Waals surface area contributed by atoms with Crippen molar-refractivity contribution in [2.75, 3.05) is 32.7 Å². The molecular weight excluding hydrogens is 516 g/mol. The molecule has 198 valence electrons. The van der Waals surface area contributed by atoms with Crippen LogP contribution in [-0.2, 0) is 11.4 Å². The first-order valence-corrected chi connectivity index (χ1v) is 13.0. The van der Waals surface area contributed by atoms with Gasteiger partial charge < -0.3 is 24.1 Å². The summed E-state index contributed by atoms with van der Waals surface area (Å²) in [6, 6.07) is 9.30. The maximum Gasteiger partial charge on any atom is 0.323 e. The van der Waals surface area contributed by atoms with Crippen molar-refractivity contribution >= 4 is 34.2 Å². The van der Waals surface area contributed by atoms with Crippen molar-refractivity contribution in [3.8, 4) is 16.9 Å². The first kappa shape index (κ1) is 25.8. The highest BCUT2D eigenvalue weighted by atomic mass is 32.1. The Bertz CT molecular complexity index is 1450. The number of rotatable bonds is 10. The fourth-order valence-corrected chi connectivity index (χ4v) is 5.17. The summed E-state index contributed by atoms with van der Waals surface area (Å²) >= 11 is 1.25. The molecule has 38 heavy (non-hydrogen) atoms. The number of benzene rings is 2. The predicted molar refractivity (Wildman–Crippen MR) is 137 cm³/mol. The van der Waals surface area contributed by atoms with Crippen molar-refractivity contribution in [2.24, 2.45) is 0 Å². The van der Waals surface area contributed by atoms with Crippen LogP contribution in [0, 0.1) is 11.6 Å².